The third-order valence-electron chi connectivity index (χ3n) is 3.03. The van der Waals surface area contributed by atoms with Crippen molar-refractivity contribution in [1.82, 2.24) is 10.2 Å². The van der Waals surface area contributed by atoms with E-state index in [2.05, 4.69) is 15.8 Å². The predicted octanol–water partition coefficient (Wildman–Crippen LogP) is -2.04. The number of rotatable bonds is 7. The van der Waals surface area contributed by atoms with Crippen LogP contribution >= 0.6 is 7.82 Å². The van der Waals surface area contributed by atoms with Crippen molar-refractivity contribution in [1.29, 1.82) is 0 Å². The van der Waals surface area contributed by atoms with Gasteiger partial charge in [-0.2, -0.15) is 0 Å². The van der Waals surface area contributed by atoms with E-state index in [1.807, 2.05) is 0 Å². The number of amides is 2. The molecule has 1 heterocycles. The molecule has 2 unspecified atom stereocenters. The molecule has 11 nitrogen and oxygen atoms in total. The zero-order valence-corrected chi connectivity index (χ0v) is 13.4. The second kappa shape index (κ2) is 7.87. The maximum absolute atomic E-state index is 11.5. The van der Waals surface area contributed by atoms with Crippen molar-refractivity contribution in [2.45, 2.75) is 31.1 Å². The number of terminal acetylenes is 1. The Hall–Kier alpha value is -1.77. The minimum Gasteiger partial charge on any atom is -0.355 e. The van der Waals surface area contributed by atoms with Crippen LogP contribution in [-0.4, -0.2) is 62.6 Å². The highest BCUT2D eigenvalue weighted by Crippen LogP contribution is 2.43. The molecular formula is C12H17N2O9P. The minimum atomic E-state index is -5.19. The van der Waals surface area contributed by atoms with E-state index in [4.69, 9.17) is 20.9 Å². The molecule has 0 bridgehead atoms. The third-order valence-corrected chi connectivity index (χ3v) is 3.54. The van der Waals surface area contributed by atoms with Crippen molar-refractivity contribution < 1.29 is 43.4 Å². The van der Waals surface area contributed by atoms with E-state index in [0.29, 0.717) is 6.41 Å². The van der Waals surface area contributed by atoms with Crippen LogP contribution in [0.15, 0.2) is 11.8 Å². The zero-order valence-electron chi connectivity index (χ0n) is 12.5. The number of aliphatic hydroxyl groups is 2. The largest absolute Gasteiger partial charge is 0.474 e. The van der Waals surface area contributed by atoms with Gasteiger partial charge in [0.2, 0.25) is 6.41 Å². The van der Waals surface area contributed by atoms with E-state index < -0.39 is 32.0 Å². The molecule has 0 aromatic rings. The number of phosphoric ester groups is 1. The number of ether oxygens (including phenoxy) is 1. The Labute approximate surface area is 137 Å². The standard InChI is InChI=1S/C12H17N2O9P/c1-3-8(11(16)13-2)6-14(7-15)10-5-4-9(22-10)12(17,18)23-24(19,20)21/h1,6-7,9-10,17-18H,4-5H2,2H3,(H,13,16)(H2,19,20,21)/b8-6-. The number of nitrogens with one attached hydrogen (secondary N) is 1. The number of likely N-dealkylation sites (N-methyl/N-ethyl adjacent to an activating group) is 1. The van der Waals surface area contributed by atoms with Gasteiger partial charge in [0.05, 0.1) is 0 Å². The van der Waals surface area contributed by atoms with Crippen molar-refractivity contribution in [3.63, 3.8) is 0 Å². The fourth-order valence-corrected chi connectivity index (χ4v) is 2.44. The topological polar surface area (TPSA) is 166 Å². The second-order valence-electron chi connectivity index (χ2n) is 4.72. The van der Waals surface area contributed by atoms with Crippen molar-refractivity contribution in [2.24, 2.45) is 0 Å². The molecule has 2 amide bonds. The molecule has 2 atom stereocenters. The lowest BCUT2D eigenvalue weighted by Gasteiger charge is -2.28. The van der Waals surface area contributed by atoms with Crippen molar-refractivity contribution in [2.75, 3.05) is 7.05 Å². The van der Waals surface area contributed by atoms with Crippen LogP contribution in [0.1, 0.15) is 12.8 Å². The first-order valence-electron chi connectivity index (χ1n) is 6.53. The Bertz CT molecular complexity index is 606. The molecule has 0 saturated carbocycles. The molecule has 134 valence electrons. The molecule has 0 spiro atoms. The van der Waals surface area contributed by atoms with Crippen molar-refractivity contribution in [3.05, 3.63) is 11.8 Å². The Morgan fingerprint density at radius 3 is 2.58 bits per heavy atom. The number of carbonyl (C=O) groups excluding carboxylic acids is 2. The van der Waals surface area contributed by atoms with Crippen LogP contribution in [-0.2, 0) is 23.4 Å². The molecular weight excluding hydrogens is 347 g/mol. The minimum absolute atomic E-state index is 0.0683. The molecule has 24 heavy (non-hydrogen) atoms. The first kappa shape index (κ1) is 20.3. The van der Waals surface area contributed by atoms with Gasteiger partial charge < -0.3 is 30.1 Å². The summed E-state index contributed by atoms with van der Waals surface area (Å²) in [6.07, 6.45) is 3.88. The molecule has 5 N–H and O–H groups in total. The molecule has 1 aliphatic heterocycles. The second-order valence-corrected chi connectivity index (χ2v) is 5.88. The maximum Gasteiger partial charge on any atom is 0.474 e. The van der Waals surface area contributed by atoms with Crippen LogP contribution in [0, 0.1) is 12.3 Å². The van der Waals surface area contributed by atoms with Gasteiger partial charge in [-0.05, 0) is 12.8 Å². The van der Waals surface area contributed by atoms with Gasteiger partial charge in [0.15, 0.2) is 0 Å². The summed E-state index contributed by atoms with van der Waals surface area (Å²) in [5.74, 6) is -1.80. The molecule has 1 rings (SSSR count). The Kier molecular flexibility index (Phi) is 6.65. The van der Waals surface area contributed by atoms with Gasteiger partial charge in [0.25, 0.3) is 5.91 Å². The van der Waals surface area contributed by atoms with E-state index in [1.54, 1.807) is 0 Å². The lowest BCUT2D eigenvalue weighted by molar-refractivity contribution is -0.348. The summed E-state index contributed by atoms with van der Waals surface area (Å²) < 4.78 is 19.7. The van der Waals surface area contributed by atoms with E-state index in [9.17, 15) is 24.4 Å². The number of hydrogen-bond donors (Lipinski definition) is 5. The first-order chi connectivity index (χ1) is 11.0. The van der Waals surface area contributed by atoms with Crippen LogP contribution < -0.4 is 5.32 Å². The molecule has 0 aromatic carbocycles. The van der Waals surface area contributed by atoms with E-state index >= 15 is 0 Å². The van der Waals surface area contributed by atoms with Gasteiger partial charge >= 0.3 is 13.8 Å². The molecule has 1 fully saturated rings. The van der Waals surface area contributed by atoms with Gasteiger partial charge in [0, 0.05) is 13.2 Å². The average molecular weight is 364 g/mol. The molecule has 12 heteroatoms. The van der Waals surface area contributed by atoms with Gasteiger partial charge in [-0.15, -0.1) is 6.42 Å². The van der Waals surface area contributed by atoms with Crippen LogP contribution in [0.3, 0.4) is 0 Å². The fourth-order valence-electron chi connectivity index (χ4n) is 1.98. The van der Waals surface area contributed by atoms with Crippen molar-refractivity contribution in [3.8, 4) is 12.3 Å². The lowest BCUT2D eigenvalue weighted by Crippen LogP contribution is -2.45. The maximum atomic E-state index is 11.5. The summed E-state index contributed by atoms with van der Waals surface area (Å²) in [6, 6.07) is 0. The zero-order chi connectivity index (χ0) is 18.5. The summed E-state index contributed by atoms with van der Waals surface area (Å²) in [5.41, 5.74) is -0.178. The van der Waals surface area contributed by atoms with Crippen LogP contribution in [0.2, 0.25) is 0 Å². The quantitative estimate of drug-likeness (QED) is 0.112. The van der Waals surface area contributed by atoms with Gasteiger partial charge in [-0.3, -0.25) is 14.5 Å². The summed E-state index contributed by atoms with van der Waals surface area (Å²) in [6.45, 7) is 0. The van der Waals surface area contributed by atoms with Crippen LogP contribution in [0.5, 0.6) is 0 Å². The summed E-state index contributed by atoms with van der Waals surface area (Å²) >= 11 is 0. The monoisotopic (exact) mass is 364 g/mol. The van der Waals surface area contributed by atoms with Crippen LogP contribution in [0.4, 0.5) is 0 Å². The number of phosphoric acid groups is 1. The summed E-state index contributed by atoms with van der Waals surface area (Å²) in [7, 11) is -3.85. The predicted molar refractivity (Wildman–Crippen MR) is 77.1 cm³/mol. The molecule has 1 aliphatic rings. The van der Waals surface area contributed by atoms with E-state index in [0.717, 1.165) is 11.1 Å². The highest BCUT2D eigenvalue weighted by Gasteiger charge is 2.47. The molecule has 0 aromatic heterocycles. The van der Waals surface area contributed by atoms with E-state index in [-0.39, 0.29) is 18.4 Å². The van der Waals surface area contributed by atoms with Crippen LogP contribution in [0.25, 0.3) is 0 Å². The average Bonchev–Trinajstić information content (AvgIpc) is 2.96. The highest BCUT2D eigenvalue weighted by atomic mass is 31.2. The Morgan fingerprint density at radius 1 is 1.50 bits per heavy atom. The molecule has 1 saturated heterocycles. The smallest absolute Gasteiger partial charge is 0.355 e. The van der Waals surface area contributed by atoms with Gasteiger partial charge in [-0.25, -0.2) is 9.09 Å². The third kappa shape index (κ3) is 5.40. The van der Waals surface area contributed by atoms with Gasteiger partial charge in [0.1, 0.15) is 17.9 Å². The lowest BCUT2D eigenvalue weighted by atomic mass is 10.2. The number of hydrogen-bond acceptors (Lipinski definition) is 7. The summed E-state index contributed by atoms with van der Waals surface area (Å²) in [4.78, 5) is 40.8. The fraction of sp³-hybridized carbons (Fsp3) is 0.500. The number of carbonyl (C=O) groups is 2. The first-order valence-corrected chi connectivity index (χ1v) is 8.07. The van der Waals surface area contributed by atoms with Gasteiger partial charge in [-0.1, -0.05) is 5.92 Å². The Balaban J connectivity index is 2.88. The Morgan fingerprint density at radius 2 is 2.12 bits per heavy atom. The van der Waals surface area contributed by atoms with Crippen molar-refractivity contribution >= 4 is 20.1 Å². The van der Waals surface area contributed by atoms with E-state index in [1.165, 1.54) is 7.05 Å². The SMILES string of the molecule is C#C/C(=C/N(C=O)C1CCC(C(O)(O)OP(=O)(O)O)O1)C(=O)NC. The summed E-state index contributed by atoms with van der Waals surface area (Å²) in [5, 5.41) is 21.4. The number of nitrogens with zero attached hydrogens (tertiary/aromatic N) is 1. The highest BCUT2D eigenvalue weighted by molar-refractivity contribution is 7.46. The molecule has 0 aliphatic carbocycles. The normalized spacial score (nSPS) is 21.9. The molecule has 0 radical (unpaired) electrons.